The van der Waals surface area contributed by atoms with Gasteiger partial charge in [-0.3, -0.25) is 4.72 Å². The minimum Gasteiger partial charge on any atom is -0.495 e. The first kappa shape index (κ1) is 19.5. The van der Waals surface area contributed by atoms with E-state index >= 15 is 0 Å². The molecule has 0 saturated carbocycles. The Bertz CT molecular complexity index is 1140. The van der Waals surface area contributed by atoms with Crippen LogP contribution in [0, 0.1) is 6.92 Å². The second-order valence-electron chi connectivity index (χ2n) is 7.15. The van der Waals surface area contributed by atoms with Gasteiger partial charge in [-0.15, -0.1) is 0 Å². The van der Waals surface area contributed by atoms with E-state index in [4.69, 9.17) is 9.47 Å². The molecule has 1 aliphatic heterocycles. The first-order chi connectivity index (χ1) is 14.0. The van der Waals surface area contributed by atoms with Crippen LogP contribution in [0.1, 0.15) is 12.0 Å². The van der Waals surface area contributed by atoms with Crippen LogP contribution in [0.3, 0.4) is 0 Å². The Labute approximate surface area is 170 Å². The zero-order valence-electron chi connectivity index (χ0n) is 16.4. The summed E-state index contributed by atoms with van der Waals surface area (Å²) >= 11 is 0. The first-order valence-electron chi connectivity index (χ1n) is 9.54. The van der Waals surface area contributed by atoms with Gasteiger partial charge in [-0.2, -0.15) is 0 Å². The Morgan fingerprint density at radius 1 is 1.03 bits per heavy atom. The van der Waals surface area contributed by atoms with Crippen LogP contribution in [0.2, 0.25) is 0 Å². The van der Waals surface area contributed by atoms with E-state index in [1.807, 2.05) is 43.3 Å². The quantitative estimate of drug-likeness (QED) is 0.646. The lowest BCUT2D eigenvalue weighted by atomic mass is 10.1. The van der Waals surface area contributed by atoms with Gasteiger partial charge in [-0.05, 0) is 49.7 Å². The average Bonchev–Trinajstić information content (AvgIpc) is 3.23. The summed E-state index contributed by atoms with van der Waals surface area (Å²) in [5.74, 6) is 1.06. The molecule has 4 rings (SSSR count). The van der Waals surface area contributed by atoms with Crippen LogP contribution in [-0.2, 0) is 10.0 Å². The van der Waals surface area contributed by atoms with Crippen molar-refractivity contribution in [2.45, 2.75) is 24.3 Å². The van der Waals surface area contributed by atoms with Crippen LogP contribution in [0.5, 0.6) is 11.5 Å². The summed E-state index contributed by atoms with van der Waals surface area (Å²) < 4.78 is 40.4. The van der Waals surface area contributed by atoms with Gasteiger partial charge in [0.05, 0.1) is 12.8 Å². The van der Waals surface area contributed by atoms with Crippen molar-refractivity contribution in [2.75, 3.05) is 24.9 Å². The summed E-state index contributed by atoms with van der Waals surface area (Å²) in [6, 6.07) is 16.3. The summed E-state index contributed by atoms with van der Waals surface area (Å²) in [6.45, 7) is 3.60. The molecule has 0 aliphatic carbocycles. The Morgan fingerprint density at radius 2 is 1.79 bits per heavy atom. The molecule has 0 aromatic heterocycles. The summed E-state index contributed by atoms with van der Waals surface area (Å²) in [5.41, 5.74) is 1.34. The maximum atomic E-state index is 13.1. The normalized spacial score (nSPS) is 16.7. The number of anilines is 1. The van der Waals surface area contributed by atoms with Crippen LogP contribution in [0.4, 0.5) is 5.69 Å². The molecule has 29 heavy (non-hydrogen) atoms. The number of nitrogens with one attached hydrogen (secondary N) is 2. The molecule has 3 aromatic rings. The molecular weight excluding hydrogens is 388 g/mol. The first-order valence-corrected chi connectivity index (χ1v) is 11.0. The molecule has 1 saturated heterocycles. The number of fused-ring (bicyclic) bond motifs is 1. The van der Waals surface area contributed by atoms with Crippen molar-refractivity contribution in [2.24, 2.45) is 0 Å². The molecule has 0 radical (unpaired) electrons. The largest absolute Gasteiger partial charge is 0.495 e. The Kier molecular flexibility index (Phi) is 5.34. The third-order valence-corrected chi connectivity index (χ3v) is 6.43. The molecule has 1 fully saturated rings. The number of hydrogen-bond acceptors (Lipinski definition) is 5. The third-order valence-electron chi connectivity index (χ3n) is 5.05. The van der Waals surface area contributed by atoms with Crippen LogP contribution >= 0.6 is 0 Å². The number of sulfonamides is 1. The molecule has 0 bridgehead atoms. The zero-order chi connectivity index (χ0) is 20.4. The maximum Gasteiger partial charge on any atom is 0.265 e. The van der Waals surface area contributed by atoms with Crippen molar-refractivity contribution in [3.8, 4) is 11.5 Å². The fraction of sp³-hybridized carbons (Fsp3) is 0.273. The highest BCUT2D eigenvalue weighted by Crippen LogP contribution is 2.35. The number of rotatable bonds is 6. The van der Waals surface area contributed by atoms with Gasteiger partial charge in [0.1, 0.15) is 22.5 Å². The Balaban J connectivity index is 1.72. The summed E-state index contributed by atoms with van der Waals surface area (Å²) in [6.07, 6.45) is 1.08. The minimum atomic E-state index is -3.83. The summed E-state index contributed by atoms with van der Waals surface area (Å²) in [5, 5.41) is 4.94. The van der Waals surface area contributed by atoms with E-state index in [0.29, 0.717) is 11.4 Å². The molecule has 0 unspecified atom stereocenters. The summed E-state index contributed by atoms with van der Waals surface area (Å²) in [7, 11) is -2.37. The standard InChI is InChI=1S/C22H24N2O4S/c1-15-7-9-21(27-2)22(13-15)29(25,26)24-19-8-10-20(28-16-11-12-23-14-16)18-6-4-3-5-17(18)19/h3-10,13,16,23-24H,11-12,14H2,1-2H3/t16-/m1/s1. The predicted molar refractivity (Wildman–Crippen MR) is 114 cm³/mol. The van der Waals surface area contributed by atoms with Crippen molar-refractivity contribution in [3.05, 3.63) is 60.2 Å². The lowest BCUT2D eigenvalue weighted by Crippen LogP contribution is -2.19. The lowest BCUT2D eigenvalue weighted by molar-refractivity contribution is 0.226. The zero-order valence-corrected chi connectivity index (χ0v) is 17.3. The molecule has 7 heteroatoms. The molecule has 1 aliphatic rings. The van der Waals surface area contributed by atoms with E-state index in [0.717, 1.165) is 41.6 Å². The van der Waals surface area contributed by atoms with E-state index in [1.54, 1.807) is 18.2 Å². The molecule has 152 valence electrons. The van der Waals surface area contributed by atoms with Crippen molar-refractivity contribution in [1.29, 1.82) is 0 Å². The smallest absolute Gasteiger partial charge is 0.265 e. The van der Waals surface area contributed by atoms with Gasteiger partial charge in [0.15, 0.2) is 0 Å². The van der Waals surface area contributed by atoms with Gasteiger partial charge in [0, 0.05) is 17.3 Å². The predicted octanol–water partition coefficient (Wildman–Crippen LogP) is 3.70. The van der Waals surface area contributed by atoms with Crippen LogP contribution < -0.4 is 19.5 Å². The molecule has 1 heterocycles. The second-order valence-corrected chi connectivity index (χ2v) is 8.80. The van der Waals surface area contributed by atoms with Gasteiger partial charge in [0.25, 0.3) is 10.0 Å². The van der Waals surface area contributed by atoms with Crippen molar-refractivity contribution < 1.29 is 17.9 Å². The monoisotopic (exact) mass is 412 g/mol. The van der Waals surface area contributed by atoms with E-state index in [-0.39, 0.29) is 11.0 Å². The highest BCUT2D eigenvalue weighted by Gasteiger charge is 2.22. The SMILES string of the molecule is COc1ccc(C)cc1S(=O)(=O)Nc1ccc(O[C@@H]2CCNC2)c2ccccc12. The van der Waals surface area contributed by atoms with Gasteiger partial charge in [-0.25, -0.2) is 8.42 Å². The van der Waals surface area contributed by atoms with E-state index in [9.17, 15) is 8.42 Å². The maximum absolute atomic E-state index is 13.1. The molecule has 3 aromatic carbocycles. The number of ether oxygens (including phenoxy) is 2. The fourth-order valence-corrected chi connectivity index (χ4v) is 4.90. The fourth-order valence-electron chi connectivity index (χ4n) is 3.57. The number of benzene rings is 3. The summed E-state index contributed by atoms with van der Waals surface area (Å²) in [4.78, 5) is 0.112. The van der Waals surface area contributed by atoms with E-state index < -0.39 is 10.0 Å². The average molecular weight is 413 g/mol. The van der Waals surface area contributed by atoms with Crippen molar-refractivity contribution >= 4 is 26.5 Å². The Morgan fingerprint density at radius 3 is 2.52 bits per heavy atom. The molecular formula is C22H24N2O4S. The molecule has 1 atom stereocenters. The molecule has 2 N–H and O–H groups in total. The second kappa shape index (κ2) is 7.93. The van der Waals surface area contributed by atoms with Crippen LogP contribution in [0.25, 0.3) is 10.8 Å². The van der Waals surface area contributed by atoms with E-state index in [1.165, 1.54) is 7.11 Å². The van der Waals surface area contributed by atoms with Crippen molar-refractivity contribution in [1.82, 2.24) is 5.32 Å². The van der Waals surface area contributed by atoms with Gasteiger partial charge >= 0.3 is 0 Å². The highest BCUT2D eigenvalue weighted by atomic mass is 32.2. The van der Waals surface area contributed by atoms with Crippen LogP contribution in [-0.4, -0.2) is 34.7 Å². The minimum absolute atomic E-state index is 0.112. The molecule has 0 spiro atoms. The Hall–Kier alpha value is -2.77. The molecule has 6 nitrogen and oxygen atoms in total. The topological polar surface area (TPSA) is 76.7 Å². The van der Waals surface area contributed by atoms with E-state index in [2.05, 4.69) is 10.0 Å². The number of aryl methyl sites for hydroxylation is 1. The van der Waals surface area contributed by atoms with Crippen LogP contribution in [0.15, 0.2) is 59.5 Å². The third kappa shape index (κ3) is 4.02. The highest BCUT2D eigenvalue weighted by molar-refractivity contribution is 7.92. The molecule has 0 amide bonds. The number of methoxy groups -OCH3 is 1. The van der Waals surface area contributed by atoms with Gasteiger partial charge in [0.2, 0.25) is 0 Å². The lowest BCUT2D eigenvalue weighted by Gasteiger charge is -2.18. The van der Waals surface area contributed by atoms with Gasteiger partial charge in [-0.1, -0.05) is 30.3 Å². The van der Waals surface area contributed by atoms with Gasteiger partial charge < -0.3 is 14.8 Å². The van der Waals surface area contributed by atoms with Crippen molar-refractivity contribution in [3.63, 3.8) is 0 Å². The number of hydrogen-bond donors (Lipinski definition) is 2.